The quantitative estimate of drug-likeness (QED) is 0.379. The second-order valence-corrected chi connectivity index (χ2v) is 9.22. The lowest BCUT2D eigenvalue weighted by Gasteiger charge is -2.10. The molecule has 0 aromatic heterocycles. The van der Waals surface area contributed by atoms with Crippen LogP contribution in [0.5, 0.6) is 0 Å². The Hall–Kier alpha value is -4.09. The van der Waals surface area contributed by atoms with E-state index in [1.165, 1.54) is 62.5 Å². The third-order valence-corrected chi connectivity index (χ3v) is 6.28. The van der Waals surface area contributed by atoms with Crippen LogP contribution in [0.1, 0.15) is 33.2 Å². The minimum Gasteiger partial charge on any atom is -0.355 e. The van der Waals surface area contributed by atoms with Crippen LogP contribution in [0.4, 0.5) is 15.8 Å². The first-order valence-corrected chi connectivity index (χ1v) is 11.9. The molecule has 35 heavy (non-hydrogen) atoms. The maximum atomic E-state index is 13.8. The minimum absolute atomic E-state index is 0.00880. The van der Waals surface area contributed by atoms with Crippen LogP contribution in [-0.4, -0.2) is 33.2 Å². The summed E-state index contributed by atoms with van der Waals surface area (Å²) < 4.78 is 41.3. The average molecular weight is 499 g/mol. The van der Waals surface area contributed by atoms with E-state index < -0.39 is 27.7 Å². The van der Waals surface area contributed by atoms with E-state index in [2.05, 4.69) is 20.7 Å². The zero-order valence-corrected chi connectivity index (χ0v) is 19.7. The molecule has 4 N–H and O–H groups in total. The molecule has 0 saturated heterocycles. The van der Waals surface area contributed by atoms with Crippen molar-refractivity contribution < 1.29 is 27.2 Å². The van der Waals surface area contributed by atoms with Gasteiger partial charge in [-0.25, -0.2) is 17.5 Å². The van der Waals surface area contributed by atoms with Crippen LogP contribution in [0.15, 0.2) is 71.6 Å². The fraction of sp³-hybridized carbons (Fsp3) is 0.125. The number of hydrogen-bond acceptors (Lipinski definition) is 5. The number of carbonyl (C=O) groups excluding carboxylic acids is 3. The van der Waals surface area contributed by atoms with E-state index in [0.29, 0.717) is 11.3 Å². The molecular weight excluding hydrogens is 475 g/mol. The number of amides is 3. The summed E-state index contributed by atoms with van der Waals surface area (Å²) in [5, 5.41) is 7.48. The average Bonchev–Trinajstić information content (AvgIpc) is 2.83. The highest BCUT2D eigenvalue weighted by atomic mass is 32.2. The zero-order chi connectivity index (χ0) is 25.6. The van der Waals surface area contributed by atoms with Gasteiger partial charge in [0, 0.05) is 37.5 Å². The van der Waals surface area contributed by atoms with E-state index >= 15 is 0 Å². The Morgan fingerprint density at radius 2 is 1.46 bits per heavy atom. The number of hydrogen-bond donors (Lipinski definition) is 4. The predicted molar refractivity (Wildman–Crippen MR) is 129 cm³/mol. The molecule has 182 valence electrons. The molecule has 9 nitrogen and oxygen atoms in total. The fourth-order valence-corrected chi connectivity index (χ4v) is 4.09. The van der Waals surface area contributed by atoms with E-state index in [4.69, 9.17) is 0 Å². The monoisotopic (exact) mass is 498 g/mol. The summed E-state index contributed by atoms with van der Waals surface area (Å²) in [5.74, 6) is -2.07. The maximum absolute atomic E-state index is 13.8. The van der Waals surface area contributed by atoms with Crippen LogP contribution in [-0.2, 0) is 21.4 Å². The van der Waals surface area contributed by atoms with Crippen molar-refractivity contribution in [3.8, 4) is 0 Å². The van der Waals surface area contributed by atoms with Gasteiger partial charge in [0.2, 0.25) is 15.9 Å². The van der Waals surface area contributed by atoms with Crippen molar-refractivity contribution >= 4 is 39.1 Å². The number of carbonyl (C=O) groups is 3. The summed E-state index contributed by atoms with van der Waals surface area (Å²) in [5.41, 5.74) is 1.43. The fourth-order valence-electron chi connectivity index (χ4n) is 3.07. The molecule has 0 fully saturated rings. The summed E-state index contributed by atoms with van der Waals surface area (Å²) in [7, 11) is -2.42. The van der Waals surface area contributed by atoms with E-state index in [9.17, 15) is 27.2 Å². The molecule has 11 heteroatoms. The van der Waals surface area contributed by atoms with Gasteiger partial charge in [-0.15, -0.1) is 0 Å². The number of halogens is 1. The summed E-state index contributed by atoms with van der Waals surface area (Å²) in [6.45, 7) is 1.35. The van der Waals surface area contributed by atoms with Gasteiger partial charge in [-0.1, -0.05) is 12.1 Å². The van der Waals surface area contributed by atoms with Gasteiger partial charge in [0.05, 0.1) is 10.5 Å². The van der Waals surface area contributed by atoms with Crippen molar-refractivity contribution in [3.05, 3.63) is 89.2 Å². The van der Waals surface area contributed by atoms with Crippen molar-refractivity contribution in [2.24, 2.45) is 0 Å². The second-order valence-electron chi connectivity index (χ2n) is 7.45. The smallest absolute Gasteiger partial charge is 0.255 e. The molecule has 0 aliphatic carbocycles. The molecule has 0 spiro atoms. The number of benzene rings is 3. The summed E-state index contributed by atoms with van der Waals surface area (Å²) in [6.07, 6.45) is 0. The van der Waals surface area contributed by atoms with Gasteiger partial charge in [-0.3, -0.25) is 14.4 Å². The Balaban J connectivity index is 1.62. The van der Waals surface area contributed by atoms with Crippen molar-refractivity contribution in [2.75, 3.05) is 17.7 Å². The van der Waals surface area contributed by atoms with Crippen LogP contribution in [0.2, 0.25) is 0 Å². The Kier molecular flexibility index (Phi) is 7.94. The first-order valence-electron chi connectivity index (χ1n) is 10.4. The SMILES string of the molecule is CNC(=O)c1cc(NC(=O)c2ccc(CNS(=O)(=O)c3ccc(NC(C)=O)cc3)cc2)ccc1F. The highest BCUT2D eigenvalue weighted by molar-refractivity contribution is 7.89. The number of sulfonamides is 1. The van der Waals surface area contributed by atoms with Crippen LogP contribution in [0.25, 0.3) is 0 Å². The third kappa shape index (κ3) is 6.71. The van der Waals surface area contributed by atoms with E-state index in [-0.39, 0.29) is 34.2 Å². The van der Waals surface area contributed by atoms with Crippen molar-refractivity contribution in [1.29, 1.82) is 0 Å². The van der Waals surface area contributed by atoms with Gasteiger partial charge in [0.1, 0.15) is 5.82 Å². The molecule has 3 amide bonds. The lowest BCUT2D eigenvalue weighted by Crippen LogP contribution is -2.23. The first-order chi connectivity index (χ1) is 16.6. The summed E-state index contributed by atoms with van der Waals surface area (Å²) in [6, 6.07) is 15.6. The van der Waals surface area contributed by atoms with Crippen LogP contribution in [0.3, 0.4) is 0 Å². The molecule has 3 aromatic carbocycles. The molecule has 0 aliphatic heterocycles. The first kappa shape index (κ1) is 25.5. The maximum Gasteiger partial charge on any atom is 0.255 e. The van der Waals surface area contributed by atoms with Gasteiger partial charge in [0.15, 0.2) is 0 Å². The van der Waals surface area contributed by atoms with Crippen molar-refractivity contribution in [2.45, 2.75) is 18.4 Å². The van der Waals surface area contributed by atoms with Gasteiger partial charge in [-0.05, 0) is 60.2 Å². The molecule has 3 rings (SSSR count). The summed E-state index contributed by atoms with van der Waals surface area (Å²) >= 11 is 0. The number of rotatable bonds is 8. The van der Waals surface area contributed by atoms with E-state index in [0.717, 1.165) is 6.07 Å². The van der Waals surface area contributed by atoms with Gasteiger partial charge >= 0.3 is 0 Å². The predicted octanol–water partition coefficient (Wildman–Crippen LogP) is 2.87. The van der Waals surface area contributed by atoms with Crippen molar-refractivity contribution in [3.63, 3.8) is 0 Å². The van der Waals surface area contributed by atoms with Gasteiger partial charge in [-0.2, -0.15) is 0 Å². The van der Waals surface area contributed by atoms with Gasteiger partial charge in [0.25, 0.3) is 11.8 Å². The number of nitrogens with one attached hydrogen (secondary N) is 4. The largest absolute Gasteiger partial charge is 0.355 e. The van der Waals surface area contributed by atoms with E-state index in [1.807, 2.05) is 0 Å². The van der Waals surface area contributed by atoms with Crippen molar-refractivity contribution in [1.82, 2.24) is 10.0 Å². The Morgan fingerprint density at radius 3 is 2.06 bits per heavy atom. The van der Waals surface area contributed by atoms with E-state index in [1.54, 1.807) is 12.1 Å². The van der Waals surface area contributed by atoms with Crippen LogP contribution in [0, 0.1) is 5.82 Å². The molecule has 0 atom stereocenters. The Labute approximate surface area is 201 Å². The molecule has 0 saturated carbocycles. The molecule has 0 aliphatic rings. The number of anilines is 2. The standard InChI is InChI=1S/C24H23FN4O5S/c1-15(30)28-18-7-10-20(11-8-18)35(33,34)27-14-16-3-5-17(6-4-16)23(31)29-19-9-12-22(25)21(13-19)24(32)26-2/h3-13,27H,14H2,1-2H3,(H,26,32)(H,28,30)(H,29,31). The highest BCUT2D eigenvalue weighted by Gasteiger charge is 2.15. The normalized spacial score (nSPS) is 10.9. The lowest BCUT2D eigenvalue weighted by atomic mass is 10.1. The van der Waals surface area contributed by atoms with Crippen LogP contribution < -0.4 is 20.7 Å². The third-order valence-electron chi connectivity index (χ3n) is 4.86. The minimum atomic E-state index is -3.79. The molecule has 0 bridgehead atoms. The molecule has 3 aromatic rings. The molecular formula is C24H23FN4O5S. The Bertz CT molecular complexity index is 1360. The topological polar surface area (TPSA) is 133 Å². The summed E-state index contributed by atoms with van der Waals surface area (Å²) in [4.78, 5) is 35.4. The van der Waals surface area contributed by atoms with Crippen LogP contribution >= 0.6 is 0 Å². The lowest BCUT2D eigenvalue weighted by molar-refractivity contribution is -0.114. The highest BCUT2D eigenvalue weighted by Crippen LogP contribution is 2.17. The second kappa shape index (κ2) is 10.9. The zero-order valence-electron chi connectivity index (χ0n) is 18.9. The molecule has 0 heterocycles. The Morgan fingerprint density at radius 1 is 0.829 bits per heavy atom. The van der Waals surface area contributed by atoms with Gasteiger partial charge < -0.3 is 16.0 Å². The molecule has 0 unspecified atom stereocenters. The molecule has 0 radical (unpaired) electrons.